The summed E-state index contributed by atoms with van der Waals surface area (Å²) >= 11 is 0. The molecule has 2 aromatic rings. The lowest BCUT2D eigenvalue weighted by molar-refractivity contribution is 0.0742. The zero-order valence-corrected chi connectivity index (χ0v) is 11.6. The fraction of sp³-hybridized carbons (Fsp3) is 0.222. The zero-order valence-electron chi connectivity index (χ0n) is 11.6. The highest BCUT2D eigenvalue weighted by molar-refractivity contribution is 5.64. The lowest BCUT2D eigenvalue weighted by atomic mass is 10.0. The maximum atomic E-state index is 5.28. The summed E-state index contributed by atoms with van der Waals surface area (Å²) in [4.78, 5) is 0. The highest BCUT2D eigenvalue weighted by Crippen LogP contribution is 2.19. The Bertz CT molecular complexity index is 583. The van der Waals surface area contributed by atoms with E-state index in [1.807, 2.05) is 44.2 Å². The molecule has 96 valence electrons. The predicted octanol–water partition coefficient (Wildman–Crippen LogP) is 4.13. The molecule has 2 rings (SSSR count). The van der Waals surface area contributed by atoms with Crippen LogP contribution in [0.2, 0.25) is 0 Å². The van der Waals surface area contributed by atoms with E-state index in [0.29, 0.717) is 0 Å². The second-order valence-corrected chi connectivity index (χ2v) is 4.91. The van der Waals surface area contributed by atoms with Gasteiger partial charge in [-0.3, -0.25) is 0 Å². The van der Waals surface area contributed by atoms with Gasteiger partial charge < -0.3 is 4.74 Å². The molecule has 1 heteroatoms. The maximum absolute atomic E-state index is 5.28. The van der Waals surface area contributed by atoms with Crippen LogP contribution in [0.15, 0.2) is 54.6 Å². The molecule has 0 fully saturated rings. The van der Waals surface area contributed by atoms with Gasteiger partial charge in [-0.1, -0.05) is 54.3 Å². The molecule has 0 unspecified atom stereocenters. The summed E-state index contributed by atoms with van der Waals surface area (Å²) in [5.74, 6) is 6.25. The van der Waals surface area contributed by atoms with Gasteiger partial charge in [0.1, 0.15) is 5.60 Å². The minimum Gasteiger partial charge on any atom is -0.366 e. The molecule has 2 aromatic carbocycles. The molecule has 0 bridgehead atoms. The third-order valence-corrected chi connectivity index (χ3v) is 3.01. The minimum atomic E-state index is -0.405. The van der Waals surface area contributed by atoms with Crippen molar-refractivity contribution in [1.82, 2.24) is 0 Å². The molecule has 0 aliphatic rings. The van der Waals surface area contributed by atoms with Crippen molar-refractivity contribution < 1.29 is 4.74 Å². The lowest BCUT2D eigenvalue weighted by Gasteiger charge is -2.14. The number of hydrogen-bond donors (Lipinski definition) is 0. The number of rotatable bonds is 2. The fourth-order valence-corrected chi connectivity index (χ4v) is 1.65. The molecule has 0 radical (unpaired) electrons. The predicted molar refractivity (Wildman–Crippen MR) is 79.8 cm³/mol. The van der Waals surface area contributed by atoms with Gasteiger partial charge in [0, 0.05) is 12.7 Å². The van der Waals surface area contributed by atoms with Crippen LogP contribution in [-0.4, -0.2) is 12.7 Å². The van der Waals surface area contributed by atoms with E-state index in [4.69, 9.17) is 4.74 Å². The van der Waals surface area contributed by atoms with Gasteiger partial charge in [-0.15, -0.1) is 0 Å². The normalized spacial score (nSPS) is 10.7. The Morgan fingerprint density at radius 3 is 2.00 bits per heavy atom. The van der Waals surface area contributed by atoms with Gasteiger partial charge in [0.15, 0.2) is 0 Å². The summed E-state index contributed by atoms with van der Waals surface area (Å²) in [6.45, 7) is 3.91. The van der Waals surface area contributed by atoms with Gasteiger partial charge in [0.2, 0.25) is 0 Å². The van der Waals surface area contributed by atoms with Crippen LogP contribution in [0.5, 0.6) is 0 Å². The average molecular weight is 250 g/mol. The van der Waals surface area contributed by atoms with E-state index in [2.05, 4.69) is 36.1 Å². The first-order valence-electron chi connectivity index (χ1n) is 6.34. The van der Waals surface area contributed by atoms with Crippen LogP contribution in [0.1, 0.15) is 19.4 Å². The number of methoxy groups -OCH3 is 1. The van der Waals surface area contributed by atoms with Crippen molar-refractivity contribution in [3.63, 3.8) is 0 Å². The summed E-state index contributed by atoms with van der Waals surface area (Å²) in [5, 5.41) is 0. The molecule has 0 aliphatic heterocycles. The number of benzene rings is 2. The Labute approximate surface area is 115 Å². The first-order valence-corrected chi connectivity index (χ1v) is 6.34. The second kappa shape index (κ2) is 5.73. The Balaban J connectivity index is 2.20. The van der Waals surface area contributed by atoms with Crippen molar-refractivity contribution in [1.29, 1.82) is 0 Å². The largest absolute Gasteiger partial charge is 0.366 e. The molecule has 0 atom stereocenters. The molecule has 0 spiro atoms. The van der Waals surface area contributed by atoms with Crippen molar-refractivity contribution in [2.45, 2.75) is 19.4 Å². The van der Waals surface area contributed by atoms with Crippen LogP contribution >= 0.6 is 0 Å². The van der Waals surface area contributed by atoms with Gasteiger partial charge in [-0.05, 0) is 37.1 Å². The maximum Gasteiger partial charge on any atom is 0.123 e. The third-order valence-electron chi connectivity index (χ3n) is 3.01. The Morgan fingerprint density at radius 1 is 0.842 bits per heavy atom. The van der Waals surface area contributed by atoms with E-state index in [-0.39, 0.29) is 0 Å². The Morgan fingerprint density at radius 2 is 1.42 bits per heavy atom. The van der Waals surface area contributed by atoms with Gasteiger partial charge in [-0.2, -0.15) is 0 Å². The molecular formula is C18H18O. The van der Waals surface area contributed by atoms with E-state index in [1.165, 1.54) is 11.1 Å². The summed E-state index contributed by atoms with van der Waals surface area (Å²) in [7, 11) is 1.67. The van der Waals surface area contributed by atoms with Crippen LogP contribution < -0.4 is 0 Å². The topological polar surface area (TPSA) is 9.23 Å². The van der Waals surface area contributed by atoms with Gasteiger partial charge in [0.05, 0.1) is 0 Å². The second-order valence-electron chi connectivity index (χ2n) is 4.91. The van der Waals surface area contributed by atoms with E-state index in [9.17, 15) is 0 Å². The average Bonchev–Trinajstić information content (AvgIpc) is 2.47. The van der Waals surface area contributed by atoms with Gasteiger partial charge in [-0.25, -0.2) is 0 Å². The summed E-state index contributed by atoms with van der Waals surface area (Å²) in [5.41, 5.74) is 3.03. The first-order chi connectivity index (χ1) is 9.11. The molecule has 0 saturated heterocycles. The molecule has 0 saturated carbocycles. The highest BCUT2D eigenvalue weighted by atomic mass is 16.5. The molecule has 0 heterocycles. The molecule has 0 aromatic heterocycles. The lowest BCUT2D eigenvalue weighted by Crippen LogP contribution is -2.19. The van der Waals surface area contributed by atoms with E-state index in [1.54, 1.807) is 7.11 Å². The summed E-state index contributed by atoms with van der Waals surface area (Å²) in [6.07, 6.45) is 0. The fourth-order valence-electron chi connectivity index (χ4n) is 1.65. The number of hydrogen-bond acceptors (Lipinski definition) is 1. The van der Waals surface area contributed by atoms with E-state index < -0.39 is 5.60 Å². The van der Waals surface area contributed by atoms with Gasteiger partial charge in [0.25, 0.3) is 0 Å². The molecular weight excluding hydrogens is 232 g/mol. The summed E-state index contributed by atoms with van der Waals surface area (Å²) < 4.78 is 5.28. The minimum absolute atomic E-state index is 0.405. The Kier molecular flexibility index (Phi) is 4.04. The van der Waals surface area contributed by atoms with Crippen molar-refractivity contribution >= 4 is 0 Å². The van der Waals surface area contributed by atoms with Crippen molar-refractivity contribution in [2.24, 2.45) is 0 Å². The molecule has 1 nitrogen and oxygen atoms in total. The van der Waals surface area contributed by atoms with Crippen molar-refractivity contribution in [3.8, 4) is 23.0 Å². The number of ether oxygens (including phenoxy) is 1. The molecule has 19 heavy (non-hydrogen) atoms. The van der Waals surface area contributed by atoms with Gasteiger partial charge >= 0.3 is 0 Å². The molecule has 0 amide bonds. The smallest absolute Gasteiger partial charge is 0.123 e. The third kappa shape index (κ3) is 3.71. The van der Waals surface area contributed by atoms with E-state index in [0.717, 1.165) is 5.56 Å². The van der Waals surface area contributed by atoms with Crippen LogP contribution in [0.25, 0.3) is 11.1 Å². The Hall–Kier alpha value is -2.04. The zero-order chi connectivity index (χ0) is 13.7. The monoisotopic (exact) mass is 250 g/mol. The SMILES string of the molecule is COC(C)(C)C#Cc1ccc(-c2ccccc2)cc1. The molecule has 0 N–H and O–H groups in total. The standard InChI is InChI=1S/C18H18O/c1-18(2,19-3)14-13-15-9-11-17(12-10-15)16-7-5-4-6-8-16/h4-12H,1-3H3. The van der Waals surface area contributed by atoms with Crippen LogP contribution in [0.3, 0.4) is 0 Å². The highest BCUT2D eigenvalue weighted by Gasteiger charge is 2.10. The van der Waals surface area contributed by atoms with E-state index >= 15 is 0 Å². The first kappa shape index (κ1) is 13.4. The van der Waals surface area contributed by atoms with Crippen LogP contribution in [0, 0.1) is 11.8 Å². The van der Waals surface area contributed by atoms with Crippen LogP contribution in [0.4, 0.5) is 0 Å². The van der Waals surface area contributed by atoms with Crippen LogP contribution in [-0.2, 0) is 4.74 Å². The van der Waals surface area contributed by atoms with Crippen molar-refractivity contribution in [3.05, 3.63) is 60.2 Å². The van der Waals surface area contributed by atoms with Crippen molar-refractivity contribution in [2.75, 3.05) is 7.11 Å². The summed E-state index contributed by atoms with van der Waals surface area (Å²) in [6, 6.07) is 18.6. The quantitative estimate of drug-likeness (QED) is 0.728. The molecule has 0 aliphatic carbocycles.